The Balaban J connectivity index is 2.57. The monoisotopic (exact) mass is 265 g/mol. The molecule has 0 spiro atoms. The van der Waals surface area contributed by atoms with Gasteiger partial charge < -0.3 is 9.47 Å². The largest absolute Gasteiger partial charge is 0.497 e. The number of methoxy groups -OCH3 is 1. The van der Waals surface area contributed by atoms with Crippen LogP contribution in [0.5, 0.6) is 11.5 Å². The van der Waals surface area contributed by atoms with Gasteiger partial charge in [0.2, 0.25) is 0 Å². The second-order valence-electron chi connectivity index (χ2n) is 4.10. The van der Waals surface area contributed by atoms with Crippen molar-refractivity contribution in [2.75, 3.05) is 19.3 Å². The smallest absolute Gasteiger partial charge is 0.308 e. The maximum Gasteiger partial charge on any atom is 0.308 e. The average molecular weight is 265 g/mol. The van der Waals surface area contributed by atoms with E-state index in [4.69, 9.17) is 14.3 Å². The molecule has 6 heteroatoms. The van der Waals surface area contributed by atoms with Crippen LogP contribution in [0.1, 0.15) is 18.9 Å². The molecule has 0 saturated carbocycles. The number of esters is 1. The Labute approximate surface area is 110 Å². The molecular weight excluding hydrogens is 250 g/mol. The number of fused-ring (bicyclic) bond motifs is 1. The Morgan fingerprint density at radius 3 is 2.58 bits per heavy atom. The number of carbonyl (C=O) groups excluding carboxylic acids is 2. The summed E-state index contributed by atoms with van der Waals surface area (Å²) in [4.78, 5) is 28.1. The number of nitrogens with zero attached hydrogens (tertiary/aromatic N) is 1. The van der Waals surface area contributed by atoms with Gasteiger partial charge in [0.1, 0.15) is 11.4 Å². The number of ether oxygens (including phenoxy) is 2. The molecular formula is C13H15NO5. The maximum absolute atomic E-state index is 11.8. The summed E-state index contributed by atoms with van der Waals surface area (Å²) in [5.74, 6) is 0.190. The molecule has 2 rings (SSSR count). The molecule has 1 heterocycles. The Morgan fingerprint density at radius 1 is 1.26 bits per heavy atom. The second kappa shape index (κ2) is 5.27. The summed E-state index contributed by atoms with van der Waals surface area (Å²) >= 11 is 0. The molecule has 0 radical (unpaired) electrons. The van der Waals surface area contributed by atoms with E-state index in [2.05, 4.69) is 0 Å². The molecule has 0 N–H and O–H groups in total. The van der Waals surface area contributed by atoms with E-state index in [9.17, 15) is 9.59 Å². The lowest BCUT2D eigenvalue weighted by molar-refractivity contribution is -0.132. The van der Waals surface area contributed by atoms with Gasteiger partial charge in [-0.25, -0.2) is 0 Å². The number of benzene rings is 1. The number of hydroxylamine groups is 1. The Morgan fingerprint density at radius 2 is 2.00 bits per heavy atom. The minimum Gasteiger partial charge on any atom is -0.497 e. The Hall–Kier alpha value is -2.08. The number of anilines is 1. The van der Waals surface area contributed by atoms with Crippen molar-refractivity contribution >= 4 is 17.6 Å². The average Bonchev–Trinajstić information content (AvgIpc) is 2.38. The number of amides is 1. The Kier molecular flexibility index (Phi) is 3.71. The zero-order valence-electron chi connectivity index (χ0n) is 11.1. The van der Waals surface area contributed by atoms with E-state index in [0.29, 0.717) is 24.3 Å². The molecule has 0 bridgehead atoms. The normalized spacial score (nSPS) is 14.1. The zero-order valence-corrected chi connectivity index (χ0v) is 11.1. The van der Waals surface area contributed by atoms with Crippen LogP contribution in [0.2, 0.25) is 0 Å². The predicted molar refractivity (Wildman–Crippen MR) is 67.1 cm³/mol. The highest BCUT2D eigenvalue weighted by molar-refractivity contribution is 5.97. The fraction of sp³-hybridized carbons (Fsp3) is 0.385. The first-order valence-corrected chi connectivity index (χ1v) is 5.83. The van der Waals surface area contributed by atoms with Crippen molar-refractivity contribution < 1.29 is 23.9 Å². The summed E-state index contributed by atoms with van der Waals surface area (Å²) in [5.41, 5.74) is 1.31. The second-order valence-corrected chi connectivity index (χ2v) is 4.10. The van der Waals surface area contributed by atoms with Gasteiger partial charge in [0, 0.05) is 19.4 Å². The van der Waals surface area contributed by atoms with E-state index in [1.54, 1.807) is 12.1 Å². The van der Waals surface area contributed by atoms with Gasteiger partial charge in [0.25, 0.3) is 5.91 Å². The Bertz CT molecular complexity index is 526. The van der Waals surface area contributed by atoms with Gasteiger partial charge in [-0.3, -0.25) is 14.4 Å². The predicted octanol–water partition coefficient (Wildman–Crippen LogP) is 1.46. The lowest BCUT2D eigenvalue weighted by Crippen LogP contribution is -2.34. The topological polar surface area (TPSA) is 65.1 Å². The van der Waals surface area contributed by atoms with Gasteiger partial charge in [-0.1, -0.05) is 0 Å². The molecule has 0 aliphatic carbocycles. The maximum atomic E-state index is 11.8. The fourth-order valence-corrected chi connectivity index (χ4v) is 2.07. The van der Waals surface area contributed by atoms with Crippen molar-refractivity contribution in [3.63, 3.8) is 0 Å². The van der Waals surface area contributed by atoms with Gasteiger partial charge in [-0.05, 0) is 18.1 Å². The molecule has 1 amide bonds. The van der Waals surface area contributed by atoms with Crippen LogP contribution in [0.3, 0.4) is 0 Å². The first-order chi connectivity index (χ1) is 9.06. The van der Waals surface area contributed by atoms with E-state index < -0.39 is 5.97 Å². The third-order valence-electron chi connectivity index (χ3n) is 2.84. The summed E-state index contributed by atoms with van der Waals surface area (Å²) in [5, 5.41) is 1.15. The SMILES string of the molecule is COc1cc2c(c(OC(C)=O)c1)N(OC)C(=O)CC2. The van der Waals surface area contributed by atoms with Crippen LogP contribution < -0.4 is 14.5 Å². The molecule has 1 aliphatic rings. The minimum absolute atomic E-state index is 0.173. The number of aryl methyl sites for hydroxylation is 1. The number of hydrogen-bond acceptors (Lipinski definition) is 5. The first-order valence-electron chi connectivity index (χ1n) is 5.83. The third-order valence-corrected chi connectivity index (χ3v) is 2.84. The summed E-state index contributed by atoms with van der Waals surface area (Å²) in [6.07, 6.45) is 0.896. The van der Waals surface area contributed by atoms with Crippen LogP contribution in [0.15, 0.2) is 12.1 Å². The molecule has 1 aliphatic heterocycles. The first kappa shape index (κ1) is 13.4. The minimum atomic E-state index is -0.468. The molecule has 0 fully saturated rings. The van der Waals surface area contributed by atoms with Crippen LogP contribution in [-0.2, 0) is 20.8 Å². The lowest BCUT2D eigenvalue weighted by atomic mass is 10.0. The van der Waals surface area contributed by atoms with Crippen molar-refractivity contribution in [2.45, 2.75) is 19.8 Å². The van der Waals surface area contributed by atoms with Crippen molar-refractivity contribution in [2.24, 2.45) is 0 Å². The molecule has 1 aromatic rings. The van der Waals surface area contributed by atoms with Crippen LogP contribution in [0.25, 0.3) is 0 Å². The zero-order chi connectivity index (χ0) is 14.0. The van der Waals surface area contributed by atoms with E-state index in [-0.39, 0.29) is 11.7 Å². The summed E-state index contributed by atoms with van der Waals surface area (Å²) < 4.78 is 10.3. The van der Waals surface area contributed by atoms with Crippen molar-refractivity contribution in [3.8, 4) is 11.5 Å². The van der Waals surface area contributed by atoms with Gasteiger partial charge in [-0.15, -0.1) is 0 Å². The molecule has 1 aromatic carbocycles. The molecule has 19 heavy (non-hydrogen) atoms. The van der Waals surface area contributed by atoms with E-state index in [1.807, 2.05) is 0 Å². The van der Waals surface area contributed by atoms with Crippen molar-refractivity contribution in [1.29, 1.82) is 0 Å². The van der Waals surface area contributed by atoms with Crippen LogP contribution in [0, 0.1) is 0 Å². The van der Waals surface area contributed by atoms with Crippen LogP contribution in [0.4, 0.5) is 5.69 Å². The van der Waals surface area contributed by atoms with Crippen LogP contribution in [-0.4, -0.2) is 26.1 Å². The van der Waals surface area contributed by atoms with Crippen molar-refractivity contribution in [1.82, 2.24) is 0 Å². The van der Waals surface area contributed by atoms with E-state index >= 15 is 0 Å². The highest BCUT2D eigenvalue weighted by Crippen LogP contribution is 2.40. The summed E-state index contributed by atoms with van der Waals surface area (Å²) in [6.45, 7) is 1.30. The van der Waals surface area contributed by atoms with Crippen molar-refractivity contribution in [3.05, 3.63) is 17.7 Å². The molecule has 6 nitrogen and oxygen atoms in total. The van der Waals surface area contributed by atoms with Gasteiger partial charge in [-0.2, -0.15) is 5.06 Å². The lowest BCUT2D eigenvalue weighted by Gasteiger charge is -2.28. The molecule has 0 atom stereocenters. The third kappa shape index (κ3) is 2.53. The molecule has 0 saturated heterocycles. The van der Waals surface area contributed by atoms with Gasteiger partial charge >= 0.3 is 5.97 Å². The van der Waals surface area contributed by atoms with Gasteiger partial charge in [0.15, 0.2) is 5.75 Å². The number of hydrogen-bond donors (Lipinski definition) is 0. The summed E-state index contributed by atoms with van der Waals surface area (Å²) in [6, 6.07) is 3.37. The quantitative estimate of drug-likeness (QED) is 0.611. The van der Waals surface area contributed by atoms with E-state index in [1.165, 1.54) is 21.1 Å². The number of rotatable bonds is 3. The standard InChI is InChI=1S/C13H15NO5/c1-8(15)19-11-7-10(17-2)6-9-4-5-12(16)14(18-3)13(9)11/h6-7H,4-5H2,1-3H3. The van der Waals surface area contributed by atoms with E-state index in [0.717, 1.165) is 10.6 Å². The fourth-order valence-electron chi connectivity index (χ4n) is 2.07. The number of carbonyl (C=O) groups is 2. The summed E-state index contributed by atoms with van der Waals surface area (Å²) in [7, 11) is 2.93. The van der Waals surface area contributed by atoms with Crippen LogP contribution >= 0.6 is 0 Å². The molecule has 0 unspecified atom stereocenters. The molecule has 0 aromatic heterocycles. The molecule has 102 valence electrons. The highest BCUT2D eigenvalue weighted by atomic mass is 16.7. The van der Waals surface area contributed by atoms with Gasteiger partial charge in [0.05, 0.1) is 14.2 Å². The highest BCUT2D eigenvalue weighted by Gasteiger charge is 2.29.